The molecule has 0 fully saturated rings. The van der Waals surface area contributed by atoms with Crippen LogP contribution in [0.3, 0.4) is 0 Å². The van der Waals surface area contributed by atoms with E-state index in [0.29, 0.717) is 5.56 Å². The summed E-state index contributed by atoms with van der Waals surface area (Å²) in [6.45, 7) is 6.31. The maximum absolute atomic E-state index is 13.3. The third-order valence-electron chi connectivity index (χ3n) is 2.14. The average molecular weight is 195 g/mol. The summed E-state index contributed by atoms with van der Waals surface area (Å²) in [7, 11) is 0. The highest BCUT2D eigenvalue weighted by molar-refractivity contribution is 5.20. The fourth-order valence-corrected chi connectivity index (χ4v) is 1.55. The first-order chi connectivity index (χ1) is 6.40. The molecular weight excluding hydrogens is 177 g/mol. The van der Waals surface area contributed by atoms with Crippen molar-refractivity contribution in [2.75, 3.05) is 0 Å². The van der Waals surface area contributed by atoms with Gasteiger partial charge in [-0.05, 0) is 17.9 Å². The van der Waals surface area contributed by atoms with Crippen LogP contribution in [0.25, 0.3) is 0 Å². The smallest absolute Gasteiger partial charge is 0.127 e. The minimum absolute atomic E-state index is 0.127. The van der Waals surface area contributed by atoms with Crippen LogP contribution in [-0.2, 0) is 0 Å². The van der Waals surface area contributed by atoms with Gasteiger partial charge in [0.15, 0.2) is 0 Å². The van der Waals surface area contributed by atoms with Crippen LogP contribution in [-0.4, -0.2) is 0 Å². The molecule has 78 valence electrons. The van der Waals surface area contributed by atoms with E-state index >= 15 is 0 Å². The van der Waals surface area contributed by atoms with Crippen molar-refractivity contribution in [2.45, 2.75) is 33.2 Å². The van der Waals surface area contributed by atoms with Crippen molar-refractivity contribution in [3.63, 3.8) is 0 Å². The Balaban J connectivity index is 2.80. The van der Waals surface area contributed by atoms with Crippen molar-refractivity contribution in [1.82, 2.24) is 0 Å². The van der Waals surface area contributed by atoms with E-state index in [0.717, 1.165) is 6.42 Å². The maximum atomic E-state index is 13.3. The summed E-state index contributed by atoms with van der Waals surface area (Å²) in [6, 6.07) is 6.50. The fourth-order valence-electron chi connectivity index (χ4n) is 1.55. The van der Waals surface area contributed by atoms with Crippen LogP contribution < -0.4 is 5.73 Å². The highest BCUT2D eigenvalue weighted by atomic mass is 19.1. The van der Waals surface area contributed by atoms with Crippen LogP contribution in [0.1, 0.15) is 38.8 Å². The molecule has 0 saturated heterocycles. The second kappa shape index (κ2) is 4.09. The fraction of sp³-hybridized carbons (Fsp3) is 0.500. The zero-order valence-electron chi connectivity index (χ0n) is 9.05. The predicted molar refractivity (Wildman–Crippen MR) is 57.4 cm³/mol. The molecule has 0 aliphatic heterocycles. The molecule has 0 aromatic heterocycles. The number of rotatable bonds is 2. The van der Waals surface area contributed by atoms with Gasteiger partial charge < -0.3 is 5.73 Å². The molecule has 2 N–H and O–H groups in total. The summed E-state index contributed by atoms with van der Waals surface area (Å²) in [5.74, 6) is -0.204. The van der Waals surface area contributed by atoms with Gasteiger partial charge in [-0.3, -0.25) is 0 Å². The monoisotopic (exact) mass is 195 g/mol. The highest BCUT2D eigenvalue weighted by Gasteiger charge is 2.18. The first kappa shape index (κ1) is 11.2. The topological polar surface area (TPSA) is 26.0 Å². The predicted octanol–water partition coefficient (Wildman–Crippen LogP) is 3.26. The van der Waals surface area contributed by atoms with Crippen molar-refractivity contribution in [1.29, 1.82) is 0 Å². The third-order valence-corrected chi connectivity index (χ3v) is 2.14. The Kier molecular flexibility index (Phi) is 3.27. The SMILES string of the molecule is CC(C)(C)C[C@@H](N)c1ccccc1F. The van der Waals surface area contributed by atoms with Crippen LogP contribution in [0.5, 0.6) is 0 Å². The Morgan fingerprint density at radius 2 is 1.86 bits per heavy atom. The Bertz CT molecular complexity index is 301. The molecule has 0 heterocycles. The zero-order valence-corrected chi connectivity index (χ0v) is 9.05. The Morgan fingerprint density at radius 3 is 2.36 bits per heavy atom. The van der Waals surface area contributed by atoms with Gasteiger partial charge in [0, 0.05) is 11.6 Å². The normalized spacial score (nSPS) is 14.1. The molecule has 0 amide bonds. The van der Waals surface area contributed by atoms with Crippen molar-refractivity contribution in [3.8, 4) is 0 Å². The summed E-state index contributed by atoms with van der Waals surface area (Å²) in [5.41, 5.74) is 6.68. The molecule has 1 aromatic carbocycles. The second-order valence-corrected chi connectivity index (χ2v) is 4.89. The molecule has 0 radical (unpaired) electrons. The number of hydrogen-bond acceptors (Lipinski definition) is 1. The molecule has 0 aliphatic carbocycles. The lowest BCUT2D eigenvalue weighted by Crippen LogP contribution is -2.19. The van der Waals surface area contributed by atoms with Crippen molar-refractivity contribution >= 4 is 0 Å². The lowest BCUT2D eigenvalue weighted by atomic mass is 9.86. The molecule has 0 bridgehead atoms. The molecule has 2 heteroatoms. The maximum Gasteiger partial charge on any atom is 0.127 e. The lowest BCUT2D eigenvalue weighted by molar-refractivity contribution is 0.339. The first-order valence-electron chi connectivity index (χ1n) is 4.90. The van der Waals surface area contributed by atoms with Gasteiger partial charge in [0.1, 0.15) is 5.82 Å². The van der Waals surface area contributed by atoms with E-state index in [-0.39, 0.29) is 17.3 Å². The number of benzene rings is 1. The van der Waals surface area contributed by atoms with E-state index in [1.807, 2.05) is 6.07 Å². The van der Waals surface area contributed by atoms with Gasteiger partial charge in [0.2, 0.25) is 0 Å². The van der Waals surface area contributed by atoms with Crippen LogP contribution in [0.15, 0.2) is 24.3 Å². The molecule has 0 saturated carbocycles. The largest absolute Gasteiger partial charge is 0.324 e. The van der Waals surface area contributed by atoms with E-state index in [1.54, 1.807) is 12.1 Å². The van der Waals surface area contributed by atoms with E-state index in [2.05, 4.69) is 20.8 Å². The summed E-state index contributed by atoms with van der Waals surface area (Å²) >= 11 is 0. The van der Waals surface area contributed by atoms with E-state index in [9.17, 15) is 4.39 Å². The summed E-state index contributed by atoms with van der Waals surface area (Å²) in [4.78, 5) is 0. The Hall–Kier alpha value is -0.890. The number of hydrogen-bond donors (Lipinski definition) is 1. The van der Waals surface area contributed by atoms with E-state index < -0.39 is 0 Å². The Morgan fingerprint density at radius 1 is 1.29 bits per heavy atom. The summed E-state index contributed by atoms with van der Waals surface area (Å²) in [6.07, 6.45) is 0.786. The number of halogens is 1. The van der Waals surface area contributed by atoms with Crippen LogP contribution in [0.4, 0.5) is 4.39 Å². The van der Waals surface area contributed by atoms with Crippen LogP contribution >= 0.6 is 0 Å². The zero-order chi connectivity index (χ0) is 10.8. The quantitative estimate of drug-likeness (QED) is 0.770. The molecule has 14 heavy (non-hydrogen) atoms. The molecule has 1 atom stereocenters. The second-order valence-electron chi connectivity index (χ2n) is 4.89. The Labute approximate surface area is 85.1 Å². The van der Waals surface area contributed by atoms with Gasteiger partial charge in [0.05, 0.1) is 0 Å². The van der Waals surface area contributed by atoms with Crippen LogP contribution in [0.2, 0.25) is 0 Å². The van der Waals surface area contributed by atoms with Gasteiger partial charge in [-0.2, -0.15) is 0 Å². The van der Waals surface area contributed by atoms with Gasteiger partial charge in [-0.15, -0.1) is 0 Å². The van der Waals surface area contributed by atoms with Crippen molar-refractivity contribution in [2.24, 2.45) is 11.1 Å². The van der Waals surface area contributed by atoms with Gasteiger partial charge in [0.25, 0.3) is 0 Å². The standard InChI is InChI=1S/C12H18FN/c1-12(2,3)8-11(14)9-6-4-5-7-10(9)13/h4-7,11H,8,14H2,1-3H3/t11-/m1/s1. The third kappa shape index (κ3) is 3.11. The average Bonchev–Trinajstić information content (AvgIpc) is 2.01. The summed E-state index contributed by atoms with van der Waals surface area (Å²) < 4.78 is 13.3. The molecule has 0 spiro atoms. The van der Waals surface area contributed by atoms with Gasteiger partial charge in [-0.25, -0.2) is 4.39 Å². The molecule has 1 aromatic rings. The highest BCUT2D eigenvalue weighted by Crippen LogP contribution is 2.28. The molecule has 0 unspecified atom stereocenters. The van der Waals surface area contributed by atoms with Gasteiger partial charge >= 0.3 is 0 Å². The number of nitrogens with two attached hydrogens (primary N) is 1. The lowest BCUT2D eigenvalue weighted by Gasteiger charge is -2.23. The van der Waals surface area contributed by atoms with Crippen LogP contribution in [0, 0.1) is 11.2 Å². The van der Waals surface area contributed by atoms with Crippen molar-refractivity contribution in [3.05, 3.63) is 35.6 Å². The molecular formula is C12H18FN. The van der Waals surface area contributed by atoms with E-state index in [4.69, 9.17) is 5.73 Å². The van der Waals surface area contributed by atoms with Crippen molar-refractivity contribution < 1.29 is 4.39 Å². The molecule has 1 rings (SSSR count). The minimum atomic E-state index is -0.212. The van der Waals surface area contributed by atoms with Gasteiger partial charge in [-0.1, -0.05) is 39.0 Å². The summed E-state index contributed by atoms with van der Waals surface area (Å²) in [5, 5.41) is 0. The molecule has 1 nitrogen and oxygen atoms in total. The molecule has 0 aliphatic rings. The van der Waals surface area contributed by atoms with E-state index in [1.165, 1.54) is 6.07 Å². The minimum Gasteiger partial charge on any atom is -0.324 e. The first-order valence-corrected chi connectivity index (χ1v) is 4.90.